The highest BCUT2D eigenvalue weighted by molar-refractivity contribution is 9.10. The Balaban J connectivity index is 1.81. The molecular weight excluding hydrogens is 380 g/mol. The molecule has 4 nitrogen and oxygen atoms in total. The van der Waals surface area contributed by atoms with E-state index < -0.39 is 0 Å². The van der Waals surface area contributed by atoms with Crippen molar-refractivity contribution in [3.8, 4) is 0 Å². The van der Waals surface area contributed by atoms with E-state index >= 15 is 0 Å². The number of hydrogen-bond acceptors (Lipinski definition) is 2. The first-order valence-electron chi connectivity index (χ1n) is 8.08. The van der Waals surface area contributed by atoms with Gasteiger partial charge in [0, 0.05) is 23.3 Å². The van der Waals surface area contributed by atoms with Crippen molar-refractivity contribution in [1.82, 2.24) is 4.90 Å². The highest BCUT2D eigenvalue weighted by atomic mass is 79.9. The number of anilines is 1. The van der Waals surface area contributed by atoms with Crippen LogP contribution in [0.3, 0.4) is 0 Å². The molecule has 0 spiro atoms. The number of benzene rings is 2. The number of carbonyl (C=O) groups is 2. The summed E-state index contributed by atoms with van der Waals surface area (Å²) in [5, 5.41) is 2.93. The molecule has 5 heteroatoms. The number of rotatable bonds is 3. The van der Waals surface area contributed by atoms with Crippen LogP contribution in [-0.2, 0) is 9.59 Å². The van der Waals surface area contributed by atoms with Crippen LogP contribution in [-0.4, -0.2) is 16.7 Å². The Morgan fingerprint density at radius 1 is 1.20 bits per heavy atom. The van der Waals surface area contributed by atoms with Crippen molar-refractivity contribution < 1.29 is 9.59 Å². The summed E-state index contributed by atoms with van der Waals surface area (Å²) >= 11 is 3.45. The predicted molar refractivity (Wildman–Crippen MR) is 103 cm³/mol. The summed E-state index contributed by atoms with van der Waals surface area (Å²) in [5.41, 5.74) is 3.83. The molecule has 1 atom stereocenters. The van der Waals surface area contributed by atoms with Gasteiger partial charge < -0.3 is 10.2 Å². The van der Waals surface area contributed by atoms with E-state index in [9.17, 15) is 9.59 Å². The fourth-order valence-electron chi connectivity index (χ4n) is 3.02. The number of amides is 2. The molecule has 1 unspecified atom stereocenters. The van der Waals surface area contributed by atoms with E-state index in [1.165, 1.54) is 6.92 Å². The minimum Gasteiger partial charge on any atom is -0.326 e. The molecule has 0 saturated heterocycles. The van der Waals surface area contributed by atoms with E-state index in [4.69, 9.17) is 0 Å². The molecular formula is C20H19BrN2O2. The largest absolute Gasteiger partial charge is 0.326 e. The van der Waals surface area contributed by atoms with Crippen LogP contribution < -0.4 is 5.32 Å². The van der Waals surface area contributed by atoms with Gasteiger partial charge in [0.2, 0.25) is 11.8 Å². The maximum Gasteiger partial charge on any atom is 0.226 e. The van der Waals surface area contributed by atoms with Crippen LogP contribution in [0.25, 0.3) is 6.08 Å². The molecule has 0 radical (unpaired) electrons. The summed E-state index contributed by atoms with van der Waals surface area (Å²) in [6.07, 6.45) is 3.87. The van der Waals surface area contributed by atoms with Crippen LogP contribution in [0, 0.1) is 6.92 Å². The number of nitrogens with one attached hydrogen (secondary N) is 1. The van der Waals surface area contributed by atoms with Gasteiger partial charge in [0.1, 0.15) is 0 Å². The first-order chi connectivity index (χ1) is 12.0. The average molecular weight is 399 g/mol. The standard InChI is InChI=1S/C20H19BrN2O2/c1-13-11-16(7-8-18(13)21)22-20(25)12-19-17-6-4-3-5-15(17)9-10-23(19)14(2)24/h3-11,19H,12H2,1-2H3,(H,22,25). The molecule has 128 valence electrons. The van der Waals surface area contributed by atoms with Crippen molar-refractivity contribution in [2.45, 2.75) is 26.3 Å². The zero-order valence-corrected chi connectivity index (χ0v) is 15.7. The number of aryl methyl sites for hydroxylation is 1. The van der Waals surface area contributed by atoms with Crippen molar-refractivity contribution in [2.24, 2.45) is 0 Å². The molecule has 0 saturated carbocycles. The normalized spacial score (nSPS) is 15.6. The van der Waals surface area contributed by atoms with Gasteiger partial charge in [-0.1, -0.05) is 40.2 Å². The summed E-state index contributed by atoms with van der Waals surface area (Å²) in [5.74, 6) is -0.203. The predicted octanol–water partition coefficient (Wildman–Crippen LogP) is 4.66. The summed E-state index contributed by atoms with van der Waals surface area (Å²) in [7, 11) is 0. The van der Waals surface area contributed by atoms with Gasteiger partial charge in [0.05, 0.1) is 12.5 Å². The molecule has 1 heterocycles. The Kier molecular flexibility index (Phi) is 5.04. The van der Waals surface area contributed by atoms with Crippen LogP contribution in [0.2, 0.25) is 0 Å². The lowest BCUT2D eigenvalue weighted by Gasteiger charge is -2.32. The number of fused-ring (bicyclic) bond motifs is 1. The maximum atomic E-state index is 12.6. The minimum atomic E-state index is -0.296. The van der Waals surface area contributed by atoms with E-state index in [1.54, 1.807) is 11.1 Å². The Labute approximate surface area is 155 Å². The third kappa shape index (κ3) is 3.82. The molecule has 1 aliphatic rings. The summed E-state index contributed by atoms with van der Waals surface area (Å²) in [6.45, 7) is 3.49. The Bertz CT molecular complexity index is 861. The lowest BCUT2D eigenvalue weighted by atomic mass is 9.93. The van der Waals surface area contributed by atoms with Crippen molar-refractivity contribution in [1.29, 1.82) is 0 Å². The number of halogens is 1. The van der Waals surface area contributed by atoms with Gasteiger partial charge in [-0.3, -0.25) is 9.59 Å². The van der Waals surface area contributed by atoms with Gasteiger partial charge in [-0.05, 0) is 47.9 Å². The Morgan fingerprint density at radius 2 is 1.96 bits per heavy atom. The minimum absolute atomic E-state index is 0.0805. The summed E-state index contributed by atoms with van der Waals surface area (Å²) < 4.78 is 1.000. The van der Waals surface area contributed by atoms with Crippen molar-refractivity contribution in [3.05, 3.63) is 69.8 Å². The molecule has 0 fully saturated rings. The summed E-state index contributed by atoms with van der Waals surface area (Å²) in [6, 6.07) is 13.2. The van der Waals surface area contributed by atoms with Crippen LogP contribution >= 0.6 is 15.9 Å². The third-order valence-corrected chi connectivity index (χ3v) is 5.18. The van der Waals surface area contributed by atoms with E-state index in [0.29, 0.717) is 0 Å². The topological polar surface area (TPSA) is 49.4 Å². The molecule has 0 bridgehead atoms. The second-order valence-electron chi connectivity index (χ2n) is 6.10. The van der Waals surface area contributed by atoms with Crippen LogP contribution in [0.1, 0.15) is 36.1 Å². The van der Waals surface area contributed by atoms with Gasteiger partial charge >= 0.3 is 0 Å². The summed E-state index contributed by atoms with van der Waals surface area (Å²) in [4.78, 5) is 26.2. The van der Waals surface area contributed by atoms with Gasteiger partial charge in [-0.2, -0.15) is 0 Å². The fraction of sp³-hybridized carbons (Fsp3) is 0.200. The molecule has 2 aromatic rings. The smallest absolute Gasteiger partial charge is 0.226 e. The maximum absolute atomic E-state index is 12.6. The first-order valence-corrected chi connectivity index (χ1v) is 8.87. The molecule has 0 aromatic heterocycles. The van der Waals surface area contributed by atoms with Gasteiger partial charge in [0.25, 0.3) is 0 Å². The van der Waals surface area contributed by atoms with Gasteiger partial charge in [-0.25, -0.2) is 0 Å². The van der Waals surface area contributed by atoms with Crippen LogP contribution in [0.4, 0.5) is 5.69 Å². The monoisotopic (exact) mass is 398 g/mol. The number of hydrogen-bond donors (Lipinski definition) is 1. The zero-order valence-electron chi connectivity index (χ0n) is 14.1. The molecule has 3 rings (SSSR count). The van der Waals surface area contributed by atoms with E-state index in [-0.39, 0.29) is 24.3 Å². The molecule has 1 aliphatic heterocycles. The highest BCUT2D eigenvalue weighted by Gasteiger charge is 2.28. The van der Waals surface area contributed by atoms with E-state index in [2.05, 4.69) is 21.2 Å². The Hall–Kier alpha value is -2.40. The van der Waals surface area contributed by atoms with Crippen molar-refractivity contribution >= 4 is 39.5 Å². The lowest BCUT2D eigenvalue weighted by Crippen LogP contribution is -2.33. The number of nitrogens with zero attached hydrogens (tertiary/aromatic N) is 1. The SMILES string of the molecule is CC(=O)N1C=Cc2ccccc2C1CC(=O)Nc1ccc(Br)c(C)c1. The van der Waals surface area contributed by atoms with Gasteiger partial charge in [-0.15, -0.1) is 0 Å². The number of carbonyl (C=O) groups excluding carboxylic acids is 2. The van der Waals surface area contributed by atoms with E-state index in [0.717, 1.165) is 26.9 Å². The molecule has 2 aromatic carbocycles. The van der Waals surface area contributed by atoms with Crippen LogP contribution in [0.15, 0.2) is 53.1 Å². The Morgan fingerprint density at radius 3 is 2.68 bits per heavy atom. The van der Waals surface area contributed by atoms with Crippen molar-refractivity contribution in [2.75, 3.05) is 5.32 Å². The third-order valence-electron chi connectivity index (χ3n) is 4.29. The first kappa shape index (κ1) is 17.4. The van der Waals surface area contributed by atoms with E-state index in [1.807, 2.05) is 55.5 Å². The highest BCUT2D eigenvalue weighted by Crippen LogP contribution is 2.33. The zero-order chi connectivity index (χ0) is 18.0. The molecule has 2 amide bonds. The molecule has 0 aliphatic carbocycles. The van der Waals surface area contributed by atoms with Crippen LogP contribution in [0.5, 0.6) is 0 Å². The molecule has 1 N–H and O–H groups in total. The molecule has 25 heavy (non-hydrogen) atoms. The quantitative estimate of drug-likeness (QED) is 0.816. The van der Waals surface area contributed by atoms with Gasteiger partial charge in [0.15, 0.2) is 0 Å². The van der Waals surface area contributed by atoms with Crippen molar-refractivity contribution in [3.63, 3.8) is 0 Å². The second-order valence-corrected chi connectivity index (χ2v) is 6.96. The average Bonchev–Trinajstić information content (AvgIpc) is 2.58. The fourth-order valence-corrected chi connectivity index (χ4v) is 3.27. The second kappa shape index (κ2) is 7.23. The lowest BCUT2D eigenvalue weighted by molar-refractivity contribution is -0.129.